The molecule has 0 heterocycles. The molecule has 5 aromatic rings. The van der Waals surface area contributed by atoms with Gasteiger partial charge in [-0.2, -0.15) is 0 Å². The maximum absolute atomic E-state index is 2.49. The number of hydrogen-bond donors (Lipinski definition) is 0. The van der Waals surface area contributed by atoms with E-state index in [0.29, 0.717) is 5.92 Å². The summed E-state index contributed by atoms with van der Waals surface area (Å²) in [5.74, 6) is 0.688. The van der Waals surface area contributed by atoms with Gasteiger partial charge in [-0.15, -0.1) is 0 Å². The van der Waals surface area contributed by atoms with E-state index in [2.05, 4.69) is 147 Å². The first-order valence-corrected chi connectivity index (χ1v) is 15.4. The zero-order chi connectivity index (χ0) is 28.5. The molecule has 206 valence electrons. The highest BCUT2D eigenvalue weighted by molar-refractivity contribution is 5.87. The lowest BCUT2D eigenvalue weighted by Crippen LogP contribution is -2.07. The van der Waals surface area contributed by atoms with Gasteiger partial charge < -0.3 is 0 Å². The van der Waals surface area contributed by atoms with Gasteiger partial charge in [0.2, 0.25) is 0 Å². The Kier molecular flexibility index (Phi) is 7.22. The van der Waals surface area contributed by atoms with Crippen LogP contribution in [-0.4, -0.2) is 0 Å². The lowest BCUT2D eigenvalue weighted by Gasteiger charge is -2.23. The van der Waals surface area contributed by atoms with Crippen LogP contribution in [0, 0.1) is 19.8 Å². The smallest absolute Gasteiger partial charge is 0.0340 e. The molecular weight excluding hydrogens is 504 g/mol. The molecule has 0 bridgehead atoms. The van der Waals surface area contributed by atoms with Crippen LogP contribution in [0.5, 0.6) is 0 Å². The minimum absolute atomic E-state index is 0.149. The molecule has 0 N–H and O–H groups in total. The molecule has 0 radical (unpaired) electrons. The standard InChI is InChI=1S/C42H38/c1-29-16-18-32(19-17-29)42(37-22-20-35-25-33-13-7-8-14-34(33)26-39(35)27-37)38-23-21-36(24-31-11-4-3-5-12-31)41(28-38)40-15-9-6-10-30(40)2/h3-6,8-11,14-23,25-28,31,42H,7,12-13,24H2,1-2H3. The lowest BCUT2D eigenvalue weighted by molar-refractivity contribution is 0.654. The first kappa shape index (κ1) is 26.5. The van der Waals surface area contributed by atoms with Gasteiger partial charge in [0.15, 0.2) is 0 Å². The minimum Gasteiger partial charge on any atom is -0.0840 e. The van der Waals surface area contributed by atoms with Gasteiger partial charge in [0.25, 0.3) is 0 Å². The maximum atomic E-state index is 2.49. The van der Waals surface area contributed by atoms with Crippen molar-refractivity contribution in [3.05, 3.63) is 172 Å². The molecule has 0 aromatic heterocycles. The molecule has 2 aliphatic rings. The van der Waals surface area contributed by atoms with E-state index >= 15 is 0 Å². The number of aryl methyl sites for hydroxylation is 3. The van der Waals surface area contributed by atoms with Crippen LogP contribution in [0.15, 0.2) is 127 Å². The fourth-order valence-corrected chi connectivity index (χ4v) is 6.86. The van der Waals surface area contributed by atoms with Crippen LogP contribution in [-0.2, 0) is 12.8 Å². The van der Waals surface area contributed by atoms with Crippen molar-refractivity contribution in [3.8, 4) is 11.1 Å². The van der Waals surface area contributed by atoms with Crippen LogP contribution >= 0.6 is 0 Å². The molecule has 0 saturated heterocycles. The lowest BCUT2D eigenvalue weighted by atomic mass is 9.80. The fourth-order valence-electron chi connectivity index (χ4n) is 6.86. The molecule has 5 aromatic carbocycles. The van der Waals surface area contributed by atoms with E-state index in [4.69, 9.17) is 0 Å². The highest BCUT2D eigenvalue weighted by Gasteiger charge is 2.21. The van der Waals surface area contributed by atoms with E-state index in [1.54, 1.807) is 0 Å². The van der Waals surface area contributed by atoms with Crippen molar-refractivity contribution in [1.29, 1.82) is 0 Å². The van der Waals surface area contributed by atoms with Crippen molar-refractivity contribution in [1.82, 2.24) is 0 Å². The molecule has 0 nitrogen and oxygen atoms in total. The summed E-state index contributed by atoms with van der Waals surface area (Å²) in [6.45, 7) is 4.41. The van der Waals surface area contributed by atoms with Gasteiger partial charge in [-0.05, 0) is 118 Å². The molecule has 0 spiro atoms. The summed E-state index contributed by atoms with van der Waals surface area (Å²) < 4.78 is 0. The molecule has 0 aliphatic heterocycles. The second kappa shape index (κ2) is 11.5. The fraction of sp³-hybridized carbons (Fsp3) is 0.190. The SMILES string of the molecule is Cc1ccc(C(c2ccc(CC3C=CC=CC3)c(-c3ccccc3C)c2)c2ccc3cc4c(cc3c2)C=CCC4)cc1. The van der Waals surface area contributed by atoms with Crippen molar-refractivity contribution in [2.75, 3.05) is 0 Å². The number of fused-ring (bicyclic) bond motifs is 2. The summed E-state index contributed by atoms with van der Waals surface area (Å²) >= 11 is 0. The number of rotatable bonds is 6. The van der Waals surface area contributed by atoms with Crippen LogP contribution in [0.2, 0.25) is 0 Å². The molecule has 0 fully saturated rings. The summed E-state index contributed by atoms with van der Waals surface area (Å²) in [5, 5.41) is 2.66. The van der Waals surface area contributed by atoms with E-state index in [1.165, 1.54) is 66.4 Å². The quantitative estimate of drug-likeness (QED) is 0.187. The molecule has 2 aliphatic carbocycles. The average Bonchev–Trinajstić information content (AvgIpc) is 3.02. The van der Waals surface area contributed by atoms with E-state index in [1.807, 2.05) is 0 Å². The monoisotopic (exact) mass is 542 g/mol. The van der Waals surface area contributed by atoms with Crippen LogP contribution in [0.4, 0.5) is 0 Å². The van der Waals surface area contributed by atoms with Crippen LogP contribution in [0.3, 0.4) is 0 Å². The van der Waals surface area contributed by atoms with Crippen LogP contribution in [0.25, 0.3) is 28.0 Å². The predicted octanol–water partition coefficient (Wildman–Crippen LogP) is 10.9. The Morgan fingerprint density at radius 2 is 1.50 bits per heavy atom. The molecule has 2 atom stereocenters. The van der Waals surface area contributed by atoms with Crippen LogP contribution < -0.4 is 0 Å². The Labute approximate surface area is 250 Å². The van der Waals surface area contributed by atoms with Gasteiger partial charge >= 0.3 is 0 Å². The zero-order valence-corrected chi connectivity index (χ0v) is 24.7. The Hall–Kier alpha value is -4.42. The van der Waals surface area contributed by atoms with Gasteiger partial charge in [0, 0.05) is 5.92 Å². The molecule has 2 unspecified atom stereocenters. The van der Waals surface area contributed by atoms with Gasteiger partial charge in [0.1, 0.15) is 0 Å². The Morgan fingerprint density at radius 3 is 2.33 bits per heavy atom. The van der Waals surface area contributed by atoms with E-state index in [-0.39, 0.29) is 5.92 Å². The summed E-state index contributed by atoms with van der Waals surface area (Å²) in [6, 6.07) is 37.2. The van der Waals surface area contributed by atoms with Crippen molar-refractivity contribution in [2.24, 2.45) is 5.92 Å². The largest absolute Gasteiger partial charge is 0.0840 e. The van der Waals surface area contributed by atoms with E-state index < -0.39 is 0 Å². The summed E-state index contributed by atoms with van der Waals surface area (Å²) in [5.41, 5.74) is 13.6. The Bertz CT molecular complexity index is 1840. The summed E-state index contributed by atoms with van der Waals surface area (Å²) in [7, 11) is 0. The molecule has 0 saturated carbocycles. The molecule has 0 heteroatoms. The number of hydrogen-bond acceptors (Lipinski definition) is 0. The van der Waals surface area contributed by atoms with Gasteiger partial charge in [-0.1, -0.05) is 127 Å². The Morgan fingerprint density at radius 1 is 0.690 bits per heavy atom. The third kappa shape index (κ3) is 5.30. The van der Waals surface area contributed by atoms with Gasteiger partial charge in [0.05, 0.1) is 0 Å². The third-order valence-corrected chi connectivity index (χ3v) is 9.20. The first-order valence-electron chi connectivity index (χ1n) is 15.4. The van der Waals surface area contributed by atoms with Crippen molar-refractivity contribution < 1.29 is 0 Å². The topological polar surface area (TPSA) is 0 Å². The molecule has 42 heavy (non-hydrogen) atoms. The highest BCUT2D eigenvalue weighted by atomic mass is 14.2. The summed E-state index contributed by atoms with van der Waals surface area (Å²) in [4.78, 5) is 0. The second-order valence-electron chi connectivity index (χ2n) is 12.2. The van der Waals surface area contributed by atoms with Crippen molar-refractivity contribution in [3.63, 3.8) is 0 Å². The predicted molar refractivity (Wildman–Crippen MR) is 180 cm³/mol. The molecular formula is C42H38. The first-order chi connectivity index (χ1) is 20.6. The molecule has 0 amide bonds. The number of benzene rings is 5. The molecule has 7 rings (SSSR count). The Balaban J connectivity index is 1.38. The minimum atomic E-state index is 0.149. The van der Waals surface area contributed by atoms with E-state index in [9.17, 15) is 0 Å². The highest BCUT2D eigenvalue weighted by Crippen LogP contribution is 2.39. The van der Waals surface area contributed by atoms with Gasteiger partial charge in [-0.25, -0.2) is 0 Å². The average molecular weight is 543 g/mol. The normalized spacial score (nSPS) is 16.5. The number of allylic oxidation sites excluding steroid dienone is 5. The van der Waals surface area contributed by atoms with Crippen molar-refractivity contribution >= 4 is 16.8 Å². The third-order valence-electron chi connectivity index (χ3n) is 9.20. The van der Waals surface area contributed by atoms with E-state index in [0.717, 1.165) is 25.7 Å². The van der Waals surface area contributed by atoms with Crippen LogP contribution in [0.1, 0.15) is 63.3 Å². The second-order valence-corrected chi connectivity index (χ2v) is 12.2. The summed E-state index contributed by atoms with van der Waals surface area (Å²) in [6.07, 6.45) is 18.1. The maximum Gasteiger partial charge on any atom is 0.0340 e. The zero-order valence-electron chi connectivity index (χ0n) is 24.7. The van der Waals surface area contributed by atoms with Crippen molar-refractivity contribution in [2.45, 2.75) is 45.4 Å². The van der Waals surface area contributed by atoms with Gasteiger partial charge in [-0.3, -0.25) is 0 Å².